The van der Waals surface area contributed by atoms with E-state index < -0.39 is 10.0 Å². The molecule has 1 aliphatic heterocycles. The van der Waals surface area contributed by atoms with Crippen LogP contribution in [0.25, 0.3) is 0 Å². The van der Waals surface area contributed by atoms with Crippen LogP contribution in [0.5, 0.6) is 0 Å². The van der Waals surface area contributed by atoms with Gasteiger partial charge in [-0.3, -0.25) is 0 Å². The van der Waals surface area contributed by atoms with Crippen molar-refractivity contribution >= 4 is 10.0 Å². The van der Waals surface area contributed by atoms with Gasteiger partial charge < -0.3 is 10.5 Å². The zero-order valence-corrected chi connectivity index (χ0v) is 9.50. The van der Waals surface area contributed by atoms with E-state index >= 15 is 0 Å². The molecule has 0 amide bonds. The van der Waals surface area contributed by atoms with E-state index in [1.807, 2.05) is 0 Å². The molecule has 0 aromatic heterocycles. The molecule has 0 aromatic rings. The lowest BCUT2D eigenvalue weighted by atomic mass is 10.1. The number of sulfonamides is 1. The second kappa shape index (κ2) is 4.37. The summed E-state index contributed by atoms with van der Waals surface area (Å²) in [6.07, 6.45) is 3.21. The van der Waals surface area contributed by atoms with Crippen molar-refractivity contribution in [1.82, 2.24) is 4.72 Å². The van der Waals surface area contributed by atoms with E-state index in [0.29, 0.717) is 12.5 Å². The van der Waals surface area contributed by atoms with Gasteiger partial charge in [0.25, 0.3) is 0 Å². The van der Waals surface area contributed by atoms with Gasteiger partial charge in [-0.25, -0.2) is 13.1 Å². The normalized spacial score (nSPS) is 32.1. The zero-order chi connectivity index (χ0) is 10.9. The second-order valence-corrected chi connectivity index (χ2v) is 6.17. The summed E-state index contributed by atoms with van der Waals surface area (Å²) in [4.78, 5) is 0. The van der Waals surface area contributed by atoms with Gasteiger partial charge in [0.15, 0.2) is 0 Å². The Hall–Kier alpha value is -0.170. The van der Waals surface area contributed by atoms with Crippen LogP contribution < -0.4 is 10.5 Å². The maximum Gasteiger partial charge on any atom is 0.213 e. The lowest BCUT2D eigenvalue weighted by molar-refractivity contribution is 0.0848. The number of nitrogens with one attached hydrogen (secondary N) is 1. The van der Waals surface area contributed by atoms with Crippen LogP contribution in [0, 0.1) is 5.92 Å². The Morgan fingerprint density at radius 3 is 2.67 bits per heavy atom. The van der Waals surface area contributed by atoms with Crippen molar-refractivity contribution in [2.75, 3.05) is 18.9 Å². The SMILES string of the molecule is NCCS(=O)(=O)NC1CCOC1C1CC1. The molecular weight excluding hydrogens is 216 g/mol. The molecule has 1 saturated heterocycles. The first-order valence-electron chi connectivity index (χ1n) is 5.44. The maximum atomic E-state index is 11.5. The van der Waals surface area contributed by atoms with Crippen LogP contribution in [-0.2, 0) is 14.8 Å². The van der Waals surface area contributed by atoms with Gasteiger partial charge in [0.1, 0.15) is 0 Å². The van der Waals surface area contributed by atoms with E-state index in [-0.39, 0.29) is 24.4 Å². The van der Waals surface area contributed by atoms with Gasteiger partial charge >= 0.3 is 0 Å². The summed E-state index contributed by atoms with van der Waals surface area (Å²) in [6, 6.07) is -0.0333. The third kappa shape index (κ3) is 2.90. The van der Waals surface area contributed by atoms with Gasteiger partial charge in [-0.1, -0.05) is 0 Å². The number of nitrogens with two attached hydrogens (primary N) is 1. The molecule has 0 bridgehead atoms. The highest BCUT2D eigenvalue weighted by Crippen LogP contribution is 2.38. The standard InChI is InChI=1S/C9H18N2O3S/c10-4-6-15(12,13)11-8-3-5-14-9(8)7-1-2-7/h7-9,11H,1-6,10H2. The predicted octanol–water partition coefficient (Wildman–Crippen LogP) is -0.568. The largest absolute Gasteiger partial charge is 0.376 e. The van der Waals surface area contributed by atoms with Crippen LogP contribution >= 0.6 is 0 Å². The van der Waals surface area contributed by atoms with Crippen LogP contribution in [-0.4, -0.2) is 39.5 Å². The van der Waals surface area contributed by atoms with Gasteiger partial charge in [-0.05, 0) is 25.2 Å². The molecule has 2 aliphatic rings. The summed E-state index contributed by atoms with van der Waals surface area (Å²) in [6.45, 7) is 0.827. The average molecular weight is 234 g/mol. The molecule has 2 atom stereocenters. The smallest absolute Gasteiger partial charge is 0.213 e. The molecule has 0 aromatic carbocycles. The second-order valence-electron chi connectivity index (χ2n) is 4.29. The third-order valence-corrected chi connectivity index (χ3v) is 4.37. The highest BCUT2D eigenvalue weighted by atomic mass is 32.2. The molecule has 2 fully saturated rings. The van der Waals surface area contributed by atoms with Gasteiger partial charge in [0, 0.05) is 13.2 Å². The lowest BCUT2D eigenvalue weighted by Gasteiger charge is -2.19. The molecule has 88 valence electrons. The number of hydrogen-bond acceptors (Lipinski definition) is 4. The fourth-order valence-electron chi connectivity index (χ4n) is 2.07. The average Bonchev–Trinajstić information content (AvgIpc) is 2.88. The Morgan fingerprint density at radius 1 is 1.33 bits per heavy atom. The van der Waals surface area contributed by atoms with E-state index in [1.165, 1.54) is 12.8 Å². The summed E-state index contributed by atoms with van der Waals surface area (Å²) >= 11 is 0. The van der Waals surface area contributed by atoms with Crippen molar-refractivity contribution in [3.8, 4) is 0 Å². The van der Waals surface area contributed by atoms with Crippen molar-refractivity contribution in [3.63, 3.8) is 0 Å². The first-order valence-corrected chi connectivity index (χ1v) is 7.09. The van der Waals surface area contributed by atoms with Crippen LogP contribution in [0.15, 0.2) is 0 Å². The van der Waals surface area contributed by atoms with Gasteiger partial charge in [-0.2, -0.15) is 0 Å². The van der Waals surface area contributed by atoms with E-state index in [9.17, 15) is 8.42 Å². The minimum Gasteiger partial charge on any atom is -0.376 e. The Morgan fingerprint density at radius 2 is 2.07 bits per heavy atom. The van der Waals surface area contributed by atoms with Crippen molar-refractivity contribution in [1.29, 1.82) is 0 Å². The summed E-state index contributed by atoms with van der Waals surface area (Å²) < 4.78 is 31.3. The molecule has 15 heavy (non-hydrogen) atoms. The number of hydrogen-bond donors (Lipinski definition) is 2. The first kappa shape index (κ1) is 11.3. The van der Waals surface area contributed by atoms with Crippen LogP contribution in [0.3, 0.4) is 0 Å². The molecule has 2 unspecified atom stereocenters. The molecule has 1 saturated carbocycles. The topological polar surface area (TPSA) is 81.4 Å². The monoisotopic (exact) mass is 234 g/mol. The molecule has 1 aliphatic carbocycles. The highest BCUT2D eigenvalue weighted by Gasteiger charge is 2.41. The zero-order valence-electron chi connectivity index (χ0n) is 8.69. The predicted molar refractivity (Wildman–Crippen MR) is 56.8 cm³/mol. The molecular formula is C9H18N2O3S. The molecule has 6 heteroatoms. The van der Waals surface area contributed by atoms with Crippen LogP contribution in [0.1, 0.15) is 19.3 Å². The van der Waals surface area contributed by atoms with Gasteiger partial charge in [0.2, 0.25) is 10.0 Å². The van der Waals surface area contributed by atoms with E-state index in [2.05, 4.69) is 4.72 Å². The molecule has 0 spiro atoms. The fourth-order valence-corrected chi connectivity index (χ4v) is 3.21. The molecule has 1 heterocycles. The summed E-state index contributed by atoms with van der Waals surface area (Å²) in [5.41, 5.74) is 5.25. The summed E-state index contributed by atoms with van der Waals surface area (Å²) in [5.74, 6) is 0.569. The van der Waals surface area contributed by atoms with E-state index in [4.69, 9.17) is 10.5 Å². The van der Waals surface area contributed by atoms with Crippen molar-refractivity contribution in [2.45, 2.75) is 31.4 Å². The van der Waals surface area contributed by atoms with Crippen molar-refractivity contribution in [2.24, 2.45) is 11.7 Å². The van der Waals surface area contributed by atoms with Crippen molar-refractivity contribution in [3.05, 3.63) is 0 Å². The van der Waals surface area contributed by atoms with Crippen molar-refractivity contribution < 1.29 is 13.2 Å². The van der Waals surface area contributed by atoms with Crippen LogP contribution in [0.2, 0.25) is 0 Å². The van der Waals surface area contributed by atoms with Gasteiger partial charge in [-0.15, -0.1) is 0 Å². The number of rotatable bonds is 5. The Bertz CT molecular complexity index is 313. The lowest BCUT2D eigenvalue weighted by Crippen LogP contribution is -2.43. The first-order chi connectivity index (χ1) is 7.12. The third-order valence-electron chi connectivity index (χ3n) is 2.94. The van der Waals surface area contributed by atoms with E-state index in [0.717, 1.165) is 6.42 Å². The fraction of sp³-hybridized carbons (Fsp3) is 1.00. The summed E-state index contributed by atoms with van der Waals surface area (Å²) in [7, 11) is -3.21. The Labute approximate surface area is 90.4 Å². The quantitative estimate of drug-likeness (QED) is 0.667. The molecule has 5 nitrogen and oxygen atoms in total. The maximum absolute atomic E-state index is 11.5. The molecule has 0 radical (unpaired) electrons. The van der Waals surface area contributed by atoms with Crippen LogP contribution in [0.4, 0.5) is 0 Å². The number of ether oxygens (including phenoxy) is 1. The molecule has 3 N–H and O–H groups in total. The summed E-state index contributed by atoms with van der Waals surface area (Å²) in [5, 5.41) is 0. The highest BCUT2D eigenvalue weighted by molar-refractivity contribution is 7.89. The minimum atomic E-state index is -3.21. The Balaban J connectivity index is 1.92. The van der Waals surface area contributed by atoms with E-state index in [1.54, 1.807) is 0 Å². The van der Waals surface area contributed by atoms with Gasteiger partial charge in [0.05, 0.1) is 17.9 Å². The Kier molecular flexibility index (Phi) is 3.30. The molecule has 2 rings (SSSR count). The minimum absolute atomic E-state index is 0.000880.